The van der Waals surface area contributed by atoms with Gasteiger partial charge in [-0.25, -0.2) is 4.98 Å². The highest BCUT2D eigenvalue weighted by Crippen LogP contribution is 2.00. The predicted molar refractivity (Wildman–Crippen MR) is 53.8 cm³/mol. The Morgan fingerprint density at radius 2 is 2.06 bits per heavy atom. The zero-order valence-electron chi connectivity index (χ0n) is 8.61. The molecule has 0 radical (unpaired) electrons. The molecule has 86 valence electrons. The lowest BCUT2D eigenvalue weighted by atomic mass is 10.1. The first-order valence-electron chi connectivity index (χ1n) is 4.49. The average Bonchev–Trinajstić information content (AvgIpc) is 2.10. The minimum atomic E-state index is -1.11. The van der Waals surface area contributed by atoms with Crippen LogP contribution in [0.3, 0.4) is 0 Å². The predicted octanol–water partition coefficient (Wildman–Crippen LogP) is -1.27. The molecule has 7 heteroatoms. The van der Waals surface area contributed by atoms with E-state index in [1.165, 1.54) is 6.92 Å². The third-order valence-electron chi connectivity index (χ3n) is 1.94. The number of hydrogen-bond donors (Lipinski definition) is 3. The van der Waals surface area contributed by atoms with Gasteiger partial charge in [0, 0.05) is 11.3 Å². The Kier molecular flexibility index (Phi) is 3.39. The molecule has 0 spiro atoms. The molecule has 0 aliphatic carbocycles. The number of hydrogen-bond acceptors (Lipinski definition) is 4. The zero-order valence-corrected chi connectivity index (χ0v) is 8.61. The van der Waals surface area contributed by atoms with Gasteiger partial charge in [0.15, 0.2) is 0 Å². The molecule has 0 saturated heterocycles. The van der Waals surface area contributed by atoms with Gasteiger partial charge in [-0.1, -0.05) is 0 Å². The van der Waals surface area contributed by atoms with Crippen molar-refractivity contribution in [3.63, 3.8) is 0 Å². The van der Waals surface area contributed by atoms with Crippen LogP contribution in [0.25, 0.3) is 0 Å². The van der Waals surface area contributed by atoms with Crippen molar-refractivity contribution in [3.8, 4) is 0 Å². The minimum absolute atomic E-state index is 0.0840. The van der Waals surface area contributed by atoms with Crippen molar-refractivity contribution in [2.24, 2.45) is 5.73 Å². The molecule has 0 aliphatic rings. The first-order valence-corrected chi connectivity index (χ1v) is 4.49. The van der Waals surface area contributed by atoms with Crippen LogP contribution in [0.5, 0.6) is 0 Å². The fourth-order valence-electron chi connectivity index (χ4n) is 1.28. The van der Waals surface area contributed by atoms with E-state index in [0.29, 0.717) is 5.69 Å². The summed E-state index contributed by atoms with van der Waals surface area (Å²) >= 11 is 0. The second kappa shape index (κ2) is 4.56. The van der Waals surface area contributed by atoms with Crippen LogP contribution in [0.4, 0.5) is 0 Å². The van der Waals surface area contributed by atoms with Gasteiger partial charge in [0.05, 0.1) is 12.8 Å². The number of carbonyl (C=O) groups excluding carboxylic acids is 1. The summed E-state index contributed by atoms with van der Waals surface area (Å²) in [6, 6.07) is 0. The van der Waals surface area contributed by atoms with E-state index in [4.69, 9.17) is 10.8 Å². The molecule has 1 amide bonds. The van der Waals surface area contributed by atoms with Crippen LogP contribution < -0.4 is 11.3 Å². The molecule has 0 aromatic carbocycles. The summed E-state index contributed by atoms with van der Waals surface area (Å²) in [4.78, 5) is 38.8. The third kappa shape index (κ3) is 2.91. The van der Waals surface area contributed by atoms with Gasteiger partial charge >= 0.3 is 5.97 Å². The van der Waals surface area contributed by atoms with Gasteiger partial charge in [-0.2, -0.15) is 0 Å². The van der Waals surface area contributed by atoms with E-state index in [2.05, 4.69) is 9.97 Å². The van der Waals surface area contributed by atoms with Gasteiger partial charge in [0.2, 0.25) is 5.91 Å². The molecule has 0 saturated carbocycles. The SMILES string of the molecule is Cc1nc(CC(N)=O)[nH]c(=O)c1CC(=O)O. The van der Waals surface area contributed by atoms with E-state index in [1.54, 1.807) is 0 Å². The normalized spacial score (nSPS) is 10.1. The molecule has 4 N–H and O–H groups in total. The number of rotatable bonds is 4. The van der Waals surface area contributed by atoms with E-state index >= 15 is 0 Å². The maximum absolute atomic E-state index is 11.5. The number of carboxylic acid groups (broad SMARTS) is 1. The molecule has 0 fully saturated rings. The van der Waals surface area contributed by atoms with E-state index in [1.807, 2.05) is 0 Å². The number of carbonyl (C=O) groups is 2. The summed E-state index contributed by atoms with van der Waals surface area (Å²) in [6.45, 7) is 1.51. The summed E-state index contributed by atoms with van der Waals surface area (Å²) in [5.41, 5.74) is 4.78. The lowest BCUT2D eigenvalue weighted by Gasteiger charge is -2.03. The van der Waals surface area contributed by atoms with Crippen molar-refractivity contribution >= 4 is 11.9 Å². The maximum Gasteiger partial charge on any atom is 0.308 e. The number of aromatic amines is 1. The number of nitrogens with one attached hydrogen (secondary N) is 1. The molecule has 1 heterocycles. The van der Waals surface area contributed by atoms with Crippen LogP contribution in [-0.2, 0) is 22.4 Å². The number of aliphatic carboxylic acids is 1. The Hall–Kier alpha value is -2.18. The van der Waals surface area contributed by atoms with E-state index < -0.39 is 23.9 Å². The molecule has 1 rings (SSSR count). The van der Waals surface area contributed by atoms with Crippen molar-refractivity contribution in [3.05, 3.63) is 27.4 Å². The third-order valence-corrected chi connectivity index (χ3v) is 1.94. The van der Waals surface area contributed by atoms with E-state index in [0.717, 1.165) is 0 Å². The molecule has 1 aromatic rings. The second-order valence-electron chi connectivity index (χ2n) is 3.29. The number of aromatic nitrogens is 2. The van der Waals surface area contributed by atoms with Crippen LogP contribution in [-0.4, -0.2) is 27.0 Å². The van der Waals surface area contributed by atoms with Crippen LogP contribution in [0.1, 0.15) is 17.1 Å². The molecule has 1 aromatic heterocycles. The van der Waals surface area contributed by atoms with Gasteiger partial charge in [-0.15, -0.1) is 0 Å². The Bertz CT molecular complexity index is 492. The first-order chi connectivity index (χ1) is 7.40. The molecule has 7 nitrogen and oxygen atoms in total. The number of amides is 1. The first kappa shape index (κ1) is 11.9. The smallest absolute Gasteiger partial charge is 0.308 e. The Balaban J connectivity index is 3.12. The van der Waals surface area contributed by atoms with E-state index in [9.17, 15) is 14.4 Å². The Morgan fingerprint density at radius 1 is 1.44 bits per heavy atom. The summed E-state index contributed by atoms with van der Waals surface area (Å²) in [5.74, 6) is -1.59. The van der Waals surface area contributed by atoms with Crippen molar-refractivity contribution in [1.29, 1.82) is 0 Å². The van der Waals surface area contributed by atoms with Crippen LogP contribution in [0, 0.1) is 6.92 Å². The van der Waals surface area contributed by atoms with Crippen LogP contribution in [0.2, 0.25) is 0 Å². The van der Waals surface area contributed by atoms with Gasteiger partial charge in [-0.3, -0.25) is 14.4 Å². The van der Waals surface area contributed by atoms with E-state index in [-0.39, 0.29) is 17.8 Å². The van der Waals surface area contributed by atoms with Crippen molar-refractivity contribution in [2.75, 3.05) is 0 Å². The van der Waals surface area contributed by atoms with Gasteiger partial charge in [0.1, 0.15) is 5.82 Å². The van der Waals surface area contributed by atoms with Gasteiger partial charge < -0.3 is 15.8 Å². The molecule has 0 aliphatic heterocycles. The van der Waals surface area contributed by atoms with Gasteiger partial charge in [-0.05, 0) is 6.92 Å². The fraction of sp³-hybridized carbons (Fsp3) is 0.333. The van der Waals surface area contributed by atoms with Gasteiger partial charge in [0.25, 0.3) is 5.56 Å². The molecular weight excluding hydrogens is 214 g/mol. The summed E-state index contributed by atoms with van der Waals surface area (Å²) in [5, 5.41) is 8.58. The lowest BCUT2D eigenvalue weighted by molar-refractivity contribution is -0.136. The van der Waals surface area contributed by atoms with Crippen molar-refractivity contribution in [1.82, 2.24) is 9.97 Å². The monoisotopic (exact) mass is 225 g/mol. The summed E-state index contributed by atoms with van der Waals surface area (Å²) in [6.07, 6.45) is -0.575. The molecular formula is C9H11N3O4. The number of carboxylic acids is 1. The summed E-state index contributed by atoms with van der Waals surface area (Å²) < 4.78 is 0. The van der Waals surface area contributed by atoms with Crippen molar-refractivity contribution in [2.45, 2.75) is 19.8 Å². The number of primary amides is 1. The maximum atomic E-state index is 11.5. The second-order valence-corrected chi connectivity index (χ2v) is 3.29. The minimum Gasteiger partial charge on any atom is -0.481 e. The fourth-order valence-corrected chi connectivity index (χ4v) is 1.28. The van der Waals surface area contributed by atoms with Crippen molar-refractivity contribution < 1.29 is 14.7 Å². The molecule has 16 heavy (non-hydrogen) atoms. The largest absolute Gasteiger partial charge is 0.481 e. The Labute approximate surface area is 90.3 Å². The zero-order chi connectivity index (χ0) is 12.3. The van der Waals surface area contributed by atoms with Crippen LogP contribution >= 0.6 is 0 Å². The van der Waals surface area contributed by atoms with Crippen LogP contribution in [0.15, 0.2) is 4.79 Å². The molecule has 0 atom stereocenters. The number of H-pyrrole nitrogens is 1. The highest BCUT2D eigenvalue weighted by atomic mass is 16.4. The molecule has 0 unspecified atom stereocenters. The number of nitrogens with two attached hydrogens (primary N) is 1. The lowest BCUT2D eigenvalue weighted by Crippen LogP contribution is -2.24. The summed E-state index contributed by atoms with van der Waals surface area (Å²) in [7, 11) is 0. The highest BCUT2D eigenvalue weighted by molar-refractivity contribution is 5.75. The standard InChI is InChI=1S/C9H11N3O4/c1-4-5(2-8(14)15)9(16)12-7(11-4)3-6(10)13/h2-3H2,1H3,(H2,10,13)(H,14,15)(H,11,12,16). The topological polar surface area (TPSA) is 126 Å². The number of aryl methyl sites for hydroxylation is 1. The Morgan fingerprint density at radius 3 is 2.50 bits per heavy atom. The number of nitrogens with zero attached hydrogens (tertiary/aromatic N) is 1. The average molecular weight is 225 g/mol. The highest BCUT2D eigenvalue weighted by Gasteiger charge is 2.12. The quantitative estimate of drug-likeness (QED) is 0.589. The molecule has 0 bridgehead atoms.